The van der Waals surface area contributed by atoms with E-state index in [1.807, 2.05) is 0 Å². The summed E-state index contributed by atoms with van der Waals surface area (Å²) in [5.41, 5.74) is -1.21. The van der Waals surface area contributed by atoms with Crippen LogP contribution in [0.1, 0.15) is 13.8 Å². The van der Waals surface area contributed by atoms with Crippen LogP contribution in [0.15, 0.2) is 0 Å². The van der Waals surface area contributed by atoms with E-state index in [4.69, 9.17) is 18.9 Å². The van der Waals surface area contributed by atoms with E-state index in [9.17, 15) is 10.2 Å². The summed E-state index contributed by atoms with van der Waals surface area (Å²) in [6.45, 7) is 2.66. The Hall–Kier alpha value is -0.240. The molecule has 2 N–H and O–H groups in total. The van der Waals surface area contributed by atoms with Crippen molar-refractivity contribution in [2.24, 2.45) is 0 Å². The second kappa shape index (κ2) is 4.95. The zero-order chi connectivity index (χ0) is 12.4. The summed E-state index contributed by atoms with van der Waals surface area (Å²) in [6.07, 6.45) is -1.39. The van der Waals surface area contributed by atoms with Gasteiger partial charge in [-0.1, -0.05) is 0 Å². The highest BCUT2D eigenvalue weighted by molar-refractivity contribution is 4.97. The maximum absolute atomic E-state index is 9.38. The molecule has 16 heavy (non-hydrogen) atoms. The van der Waals surface area contributed by atoms with Crippen molar-refractivity contribution >= 4 is 0 Å². The molecule has 0 aromatic rings. The highest BCUT2D eigenvalue weighted by Gasteiger charge is 2.56. The molecule has 0 spiro atoms. The molecule has 0 radical (unpaired) electrons. The lowest BCUT2D eigenvalue weighted by Crippen LogP contribution is -2.53. The zero-order valence-corrected chi connectivity index (χ0v) is 10.1. The quantitative estimate of drug-likeness (QED) is 0.625. The van der Waals surface area contributed by atoms with Gasteiger partial charge in [0.05, 0.1) is 13.2 Å². The van der Waals surface area contributed by atoms with Crippen molar-refractivity contribution in [3.8, 4) is 0 Å². The molecular formula is C10H20O6. The molecule has 0 aromatic heterocycles. The zero-order valence-electron chi connectivity index (χ0n) is 10.1. The van der Waals surface area contributed by atoms with Gasteiger partial charge in [0.1, 0.15) is 11.7 Å². The van der Waals surface area contributed by atoms with E-state index in [-0.39, 0.29) is 13.2 Å². The van der Waals surface area contributed by atoms with Gasteiger partial charge >= 0.3 is 0 Å². The van der Waals surface area contributed by atoms with Gasteiger partial charge in [-0.2, -0.15) is 0 Å². The van der Waals surface area contributed by atoms with Crippen molar-refractivity contribution in [2.75, 3.05) is 27.4 Å². The van der Waals surface area contributed by atoms with Crippen LogP contribution in [-0.4, -0.2) is 61.4 Å². The molecule has 1 rings (SSSR count). The lowest BCUT2D eigenvalue weighted by molar-refractivity contribution is -0.203. The van der Waals surface area contributed by atoms with E-state index < -0.39 is 23.8 Å². The van der Waals surface area contributed by atoms with Crippen LogP contribution in [0.2, 0.25) is 0 Å². The van der Waals surface area contributed by atoms with Crippen LogP contribution in [0, 0.1) is 0 Å². The number of hydrogen-bond donors (Lipinski definition) is 2. The minimum absolute atomic E-state index is 0.374. The first kappa shape index (κ1) is 13.8. The van der Waals surface area contributed by atoms with Gasteiger partial charge in [-0.05, 0) is 13.8 Å². The second-order valence-electron chi connectivity index (χ2n) is 4.26. The standard InChI is InChI=1S/C10H20O6/c1-9(2)15-7(8(13-3)14-4)10(5-11,6-12)16-9/h7-8,11-12H,5-6H2,1-4H3/t7-/m0/s1. The lowest BCUT2D eigenvalue weighted by atomic mass is 9.98. The Balaban J connectivity index is 2.95. The van der Waals surface area contributed by atoms with E-state index >= 15 is 0 Å². The summed E-state index contributed by atoms with van der Waals surface area (Å²) in [7, 11) is 2.92. The second-order valence-corrected chi connectivity index (χ2v) is 4.26. The molecule has 1 saturated heterocycles. The van der Waals surface area contributed by atoms with Crippen LogP contribution < -0.4 is 0 Å². The normalized spacial score (nSPS) is 27.6. The largest absolute Gasteiger partial charge is 0.393 e. The molecule has 0 unspecified atom stereocenters. The molecule has 0 amide bonds. The smallest absolute Gasteiger partial charge is 0.186 e. The first-order valence-electron chi connectivity index (χ1n) is 5.10. The van der Waals surface area contributed by atoms with Crippen molar-refractivity contribution in [1.29, 1.82) is 0 Å². The number of aliphatic hydroxyl groups excluding tert-OH is 2. The molecule has 1 aliphatic heterocycles. The summed E-state index contributed by atoms with van der Waals surface area (Å²) in [4.78, 5) is 0. The number of rotatable bonds is 5. The van der Waals surface area contributed by atoms with Gasteiger partial charge in [0, 0.05) is 14.2 Å². The minimum Gasteiger partial charge on any atom is -0.393 e. The Morgan fingerprint density at radius 1 is 1.19 bits per heavy atom. The fourth-order valence-electron chi connectivity index (χ4n) is 1.93. The molecule has 0 saturated carbocycles. The number of methoxy groups -OCH3 is 2. The van der Waals surface area contributed by atoms with E-state index in [1.165, 1.54) is 14.2 Å². The summed E-state index contributed by atoms with van der Waals surface area (Å²) in [5, 5.41) is 18.8. The summed E-state index contributed by atoms with van der Waals surface area (Å²) in [6, 6.07) is 0. The van der Waals surface area contributed by atoms with E-state index in [0.717, 1.165) is 0 Å². The average molecular weight is 236 g/mol. The Kier molecular flexibility index (Phi) is 4.28. The van der Waals surface area contributed by atoms with Crippen molar-refractivity contribution < 1.29 is 29.2 Å². The number of aliphatic hydroxyl groups is 2. The molecule has 1 aliphatic rings. The maximum atomic E-state index is 9.38. The highest BCUT2D eigenvalue weighted by atomic mass is 16.8. The van der Waals surface area contributed by atoms with Crippen molar-refractivity contribution in [3.63, 3.8) is 0 Å². The van der Waals surface area contributed by atoms with E-state index in [0.29, 0.717) is 0 Å². The molecule has 6 heteroatoms. The van der Waals surface area contributed by atoms with Gasteiger partial charge < -0.3 is 29.2 Å². The van der Waals surface area contributed by atoms with Gasteiger partial charge in [0.25, 0.3) is 0 Å². The summed E-state index contributed by atoms with van der Waals surface area (Å²) in [5.74, 6) is -0.897. The van der Waals surface area contributed by atoms with E-state index in [1.54, 1.807) is 13.8 Å². The molecule has 1 heterocycles. The topological polar surface area (TPSA) is 77.4 Å². The number of hydrogen-bond acceptors (Lipinski definition) is 6. The van der Waals surface area contributed by atoms with Crippen LogP contribution in [0.4, 0.5) is 0 Å². The summed E-state index contributed by atoms with van der Waals surface area (Å²) < 4.78 is 21.3. The van der Waals surface area contributed by atoms with Crippen molar-refractivity contribution in [2.45, 2.75) is 37.6 Å². The SMILES string of the molecule is COC(OC)[C@@H]1OC(C)(C)OC1(CO)CO. The van der Waals surface area contributed by atoms with Gasteiger partial charge in [0.2, 0.25) is 0 Å². The third-order valence-electron chi connectivity index (χ3n) is 2.63. The maximum Gasteiger partial charge on any atom is 0.186 e. The van der Waals surface area contributed by atoms with Gasteiger partial charge in [-0.15, -0.1) is 0 Å². The van der Waals surface area contributed by atoms with Crippen LogP contribution in [-0.2, 0) is 18.9 Å². The predicted molar refractivity (Wildman–Crippen MR) is 54.7 cm³/mol. The molecular weight excluding hydrogens is 216 g/mol. The van der Waals surface area contributed by atoms with Gasteiger partial charge in [-0.3, -0.25) is 0 Å². The molecule has 1 fully saturated rings. The van der Waals surface area contributed by atoms with Crippen LogP contribution in [0.25, 0.3) is 0 Å². The Morgan fingerprint density at radius 2 is 1.69 bits per heavy atom. The number of ether oxygens (including phenoxy) is 4. The molecule has 0 bridgehead atoms. The molecule has 0 aliphatic carbocycles. The third-order valence-corrected chi connectivity index (χ3v) is 2.63. The predicted octanol–water partition coefficient (Wildman–Crippen LogP) is -0.520. The van der Waals surface area contributed by atoms with Crippen molar-refractivity contribution in [3.05, 3.63) is 0 Å². The Morgan fingerprint density at radius 3 is 2.06 bits per heavy atom. The fourth-order valence-corrected chi connectivity index (χ4v) is 1.93. The minimum atomic E-state index is -1.21. The third kappa shape index (κ3) is 2.37. The van der Waals surface area contributed by atoms with E-state index in [2.05, 4.69) is 0 Å². The Bertz CT molecular complexity index is 221. The van der Waals surface area contributed by atoms with Gasteiger partial charge in [0.15, 0.2) is 12.1 Å². The molecule has 6 nitrogen and oxygen atoms in total. The van der Waals surface area contributed by atoms with Gasteiger partial charge in [-0.25, -0.2) is 0 Å². The molecule has 1 atom stereocenters. The first-order chi connectivity index (χ1) is 7.44. The monoisotopic (exact) mass is 236 g/mol. The molecule has 0 aromatic carbocycles. The van der Waals surface area contributed by atoms with Crippen LogP contribution >= 0.6 is 0 Å². The fraction of sp³-hybridized carbons (Fsp3) is 1.00. The summed E-state index contributed by atoms with van der Waals surface area (Å²) >= 11 is 0. The highest BCUT2D eigenvalue weighted by Crippen LogP contribution is 2.38. The molecule has 96 valence electrons. The average Bonchev–Trinajstić information content (AvgIpc) is 2.53. The van der Waals surface area contributed by atoms with Crippen molar-refractivity contribution in [1.82, 2.24) is 0 Å². The Labute approximate surface area is 95.1 Å². The lowest BCUT2D eigenvalue weighted by Gasteiger charge is -2.32. The first-order valence-corrected chi connectivity index (χ1v) is 5.10. The van der Waals surface area contributed by atoms with Crippen LogP contribution in [0.5, 0.6) is 0 Å². The van der Waals surface area contributed by atoms with Crippen LogP contribution in [0.3, 0.4) is 0 Å².